The van der Waals surface area contributed by atoms with E-state index in [9.17, 15) is 17.6 Å². The number of nitrogens with zero attached hydrogens (tertiary/aromatic N) is 3. The first-order chi connectivity index (χ1) is 23.8. The summed E-state index contributed by atoms with van der Waals surface area (Å²) in [6.07, 6.45) is 1.24. The summed E-state index contributed by atoms with van der Waals surface area (Å²) in [5, 5.41) is 8.22. The molecule has 0 atom stereocenters. The number of anilines is 1. The number of fused-ring (bicyclic) bond motifs is 1. The molecule has 0 aliphatic carbocycles. The molecule has 0 unspecified atom stereocenters. The molecule has 0 spiro atoms. The van der Waals surface area contributed by atoms with E-state index >= 15 is 0 Å². The maximum atomic E-state index is 14.2. The Morgan fingerprint density at radius 1 is 0.735 bits per heavy atom. The number of pyridine rings is 1. The highest BCUT2D eigenvalue weighted by Crippen LogP contribution is 2.43. The van der Waals surface area contributed by atoms with E-state index in [0.29, 0.717) is 17.0 Å². The minimum Gasteiger partial charge on any atom is -0.497 e. The molecule has 7 aromatic rings. The van der Waals surface area contributed by atoms with Crippen LogP contribution in [0, 0.1) is 5.82 Å². The van der Waals surface area contributed by atoms with Gasteiger partial charge in [0.05, 0.1) is 22.3 Å². The number of ether oxygens (including phenoxy) is 1. The van der Waals surface area contributed by atoms with Crippen LogP contribution in [0.15, 0.2) is 162 Å². The molecule has 242 valence electrons. The second kappa shape index (κ2) is 12.8. The molecule has 5 aromatic carbocycles. The van der Waals surface area contributed by atoms with Crippen molar-refractivity contribution in [3.63, 3.8) is 0 Å². The number of benzene rings is 5. The smallest absolute Gasteiger partial charge is 0.256 e. The maximum absolute atomic E-state index is 14.2. The fourth-order valence-corrected chi connectivity index (χ4v) is 7.32. The first kappa shape index (κ1) is 31.5. The van der Waals surface area contributed by atoms with E-state index in [1.807, 2.05) is 91.0 Å². The van der Waals surface area contributed by atoms with Gasteiger partial charge in [-0.2, -0.15) is 5.10 Å². The Kier molecular flexibility index (Phi) is 8.23. The van der Waals surface area contributed by atoms with Gasteiger partial charge in [-0.05, 0) is 65.2 Å². The number of hydrogen-bond acceptors (Lipinski definition) is 6. The van der Waals surface area contributed by atoms with Gasteiger partial charge in [0.2, 0.25) is 9.84 Å². The van der Waals surface area contributed by atoms with Gasteiger partial charge in [0.25, 0.3) is 5.91 Å². The molecule has 0 saturated carbocycles. The molecule has 0 fully saturated rings. The van der Waals surface area contributed by atoms with Gasteiger partial charge in [0.15, 0.2) is 11.5 Å². The van der Waals surface area contributed by atoms with Crippen molar-refractivity contribution in [2.24, 2.45) is 0 Å². The third kappa shape index (κ3) is 5.62. The number of hydrogen-bond donors (Lipinski definition) is 1. The fourth-order valence-electron chi connectivity index (χ4n) is 6.05. The van der Waals surface area contributed by atoms with Gasteiger partial charge in [-0.25, -0.2) is 22.5 Å². The van der Waals surface area contributed by atoms with E-state index in [1.165, 1.54) is 37.6 Å². The lowest BCUT2D eigenvalue weighted by molar-refractivity contribution is 0.102. The Bertz CT molecular complexity index is 2290. The predicted molar refractivity (Wildman–Crippen MR) is 185 cm³/mol. The summed E-state index contributed by atoms with van der Waals surface area (Å²) in [6.45, 7) is 0. The van der Waals surface area contributed by atoms with Gasteiger partial charge in [0.1, 0.15) is 17.1 Å². The predicted octanol–water partition coefficient (Wildman–Crippen LogP) is 7.50. The fraction of sp³-hybridized carbons (Fsp3) is 0.0513. The van der Waals surface area contributed by atoms with Crippen molar-refractivity contribution in [1.82, 2.24) is 14.8 Å². The number of amides is 1. The number of aromatic nitrogens is 3. The molecular weight excluding hydrogens is 640 g/mol. The van der Waals surface area contributed by atoms with Crippen LogP contribution in [0.25, 0.3) is 11.0 Å². The molecule has 2 heterocycles. The molecule has 2 aromatic heterocycles. The summed E-state index contributed by atoms with van der Waals surface area (Å²) < 4.78 is 48.7. The second-order valence-corrected chi connectivity index (χ2v) is 13.2. The summed E-state index contributed by atoms with van der Waals surface area (Å²) in [5.41, 5.74) is 2.07. The number of carbonyl (C=O) groups excluding carboxylic acids is 1. The third-order valence-corrected chi connectivity index (χ3v) is 10.1. The number of carbonyl (C=O) groups is 1. The van der Waals surface area contributed by atoms with Crippen molar-refractivity contribution in [2.45, 2.75) is 15.3 Å². The van der Waals surface area contributed by atoms with E-state index in [2.05, 4.69) is 5.32 Å². The average molecular weight is 669 g/mol. The average Bonchev–Trinajstić information content (AvgIpc) is 3.50. The highest BCUT2D eigenvalue weighted by Gasteiger charge is 2.41. The van der Waals surface area contributed by atoms with Gasteiger partial charge in [0, 0.05) is 11.8 Å². The summed E-state index contributed by atoms with van der Waals surface area (Å²) >= 11 is 0. The first-order valence-electron chi connectivity index (χ1n) is 15.3. The summed E-state index contributed by atoms with van der Waals surface area (Å²) in [5.74, 6) is -0.487. The lowest BCUT2D eigenvalue weighted by Gasteiger charge is -2.36. The molecule has 49 heavy (non-hydrogen) atoms. The van der Waals surface area contributed by atoms with E-state index < -0.39 is 27.1 Å². The molecule has 10 heteroatoms. The zero-order valence-corrected chi connectivity index (χ0v) is 27.0. The van der Waals surface area contributed by atoms with Crippen LogP contribution in [0.1, 0.15) is 27.0 Å². The monoisotopic (exact) mass is 668 g/mol. The number of sulfone groups is 1. The number of rotatable bonds is 9. The number of halogens is 1. The summed E-state index contributed by atoms with van der Waals surface area (Å²) in [6, 6.07) is 42.1. The van der Waals surface area contributed by atoms with Crippen LogP contribution in [0.2, 0.25) is 0 Å². The normalized spacial score (nSPS) is 11.7. The molecule has 8 nitrogen and oxygen atoms in total. The van der Waals surface area contributed by atoms with Crippen LogP contribution >= 0.6 is 0 Å². The van der Waals surface area contributed by atoms with Crippen molar-refractivity contribution in [1.29, 1.82) is 0 Å². The van der Waals surface area contributed by atoms with Gasteiger partial charge in [-0.15, -0.1) is 0 Å². The van der Waals surface area contributed by atoms with E-state index in [0.717, 1.165) is 22.8 Å². The first-order valence-corrected chi connectivity index (χ1v) is 16.8. The molecule has 0 aliphatic heterocycles. The Hall–Kier alpha value is -6.13. The minimum absolute atomic E-state index is 0.0896. The third-order valence-electron chi connectivity index (χ3n) is 8.39. The standard InChI is InChI=1S/C39H29FN4O4S/c1-48-32-22-20-27(21-23-32)38(45)42-36-35-25-34(49(46,47)33-19-11-18-31(40)24-33)26-41-37(35)44(43-36)39(28-12-5-2-6-13-28,29-14-7-3-8-15-29)30-16-9-4-10-17-30/h2-26H,1H3,(H,42,43,45). The van der Waals surface area contributed by atoms with Gasteiger partial charge < -0.3 is 10.1 Å². The van der Waals surface area contributed by atoms with Gasteiger partial charge >= 0.3 is 0 Å². The zero-order chi connectivity index (χ0) is 34.0. The Balaban J connectivity index is 1.52. The van der Waals surface area contributed by atoms with Crippen molar-refractivity contribution >= 4 is 32.6 Å². The van der Waals surface area contributed by atoms with Crippen molar-refractivity contribution in [2.75, 3.05) is 12.4 Å². The molecular formula is C39H29FN4O4S. The Labute approximate surface area is 282 Å². The Morgan fingerprint density at radius 3 is 1.84 bits per heavy atom. The number of methoxy groups -OCH3 is 1. The van der Waals surface area contributed by atoms with Crippen LogP contribution in [0.5, 0.6) is 5.75 Å². The van der Waals surface area contributed by atoms with Crippen LogP contribution in [0.4, 0.5) is 10.2 Å². The molecule has 0 bridgehead atoms. The SMILES string of the molecule is COc1ccc(C(=O)Nc2nn(C(c3ccccc3)(c3ccccc3)c3ccccc3)c3ncc(S(=O)(=O)c4cccc(F)c4)cc23)cc1. The van der Waals surface area contributed by atoms with E-state index in [1.54, 1.807) is 28.9 Å². The molecule has 7 rings (SSSR count). The molecule has 0 aliphatic rings. The summed E-state index contributed by atoms with van der Waals surface area (Å²) in [4.78, 5) is 18.0. The van der Waals surface area contributed by atoms with Crippen LogP contribution in [-0.2, 0) is 15.4 Å². The summed E-state index contributed by atoms with van der Waals surface area (Å²) in [7, 11) is -2.67. The van der Waals surface area contributed by atoms with E-state index in [4.69, 9.17) is 14.8 Å². The van der Waals surface area contributed by atoms with Crippen molar-refractivity contribution in [3.05, 3.63) is 180 Å². The largest absolute Gasteiger partial charge is 0.497 e. The van der Waals surface area contributed by atoms with Crippen molar-refractivity contribution in [3.8, 4) is 5.75 Å². The minimum atomic E-state index is -4.21. The van der Waals surface area contributed by atoms with Gasteiger partial charge in [-0.1, -0.05) is 97.1 Å². The van der Waals surface area contributed by atoms with Crippen LogP contribution in [-0.4, -0.2) is 36.2 Å². The quantitative estimate of drug-likeness (QED) is 0.160. The topological polar surface area (TPSA) is 103 Å². The maximum Gasteiger partial charge on any atom is 0.256 e. The highest BCUT2D eigenvalue weighted by atomic mass is 32.2. The molecule has 0 radical (unpaired) electrons. The lowest BCUT2D eigenvalue weighted by atomic mass is 9.77. The highest BCUT2D eigenvalue weighted by molar-refractivity contribution is 7.91. The van der Waals surface area contributed by atoms with Crippen LogP contribution in [0.3, 0.4) is 0 Å². The number of nitrogens with one attached hydrogen (secondary N) is 1. The molecule has 1 N–H and O–H groups in total. The second-order valence-electron chi connectivity index (χ2n) is 11.3. The van der Waals surface area contributed by atoms with Crippen LogP contribution < -0.4 is 10.1 Å². The van der Waals surface area contributed by atoms with Gasteiger partial charge in [-0.3, -0.25) is 4.79 Å². The van der Waals surface area contributed by atoms with Crippen molar-refractivity contribution < 1.29 is 22.3 Å². The molecule has 1 amide bonds. The molecule has 0 saturated heterocycles. The van der Waals surface area contributed by atoms with E-state index in [-0.39, 0.29) is 21.0 Å². The zero-order valence-electron chi connectivity index (χ0n) is 26.2. The Morgan fingerprint density at radius 2 is 1.31 bits per heavy atom. The lowest BCUT2D eigenvalue weighted by Crippen LogP contribution is -2.38.